The number of nitrogens with one attached hydrogen (secondary N) is 1. The highest BCUT2D eigenvalue weighted by Gasteiger charge is 2.08. The third kappa shape index (κ3) is 2.55. The van der Waals surface area contributed by atoms with Gasteiger partial charge in [-0.3, -0.25) is 0 Å². The molecule has 0 bridgehead atoms. The first kappa shape index (κ1) is 10.2. The maximum atomic E-state index is 12.9. The summed E-state index contributed by atoms with van der Waals surface area (Å²) in [7, 11) is 1.43. The van der Waals surface area contributed by atoms with Crippen molar-refractivity contribution in [3.05, 3.63) is 28.5 Å². The Balaban J connectivity index is 2.92. The summed E-state index contributed by atoms with van der Waals surface area (Å²) in [6.07, 6.45) is 0. The monoisotopic (exact) mass is 205 g/mol. The van der Waals surface area contributed by atoms with E-state index in [4.69, 9.17) is 11.6 Å². The number of aromatic hydroxyl groups is 1. The van der Waals surface area contributed by atoms with Gasteiger partial charge in [0, 0.05) is 17.1 Å². The van der Waals surface area contributed by atoms with E-state index >= 15 is 0 Å². The van der Waals surface area contributed by atoms with E-state index in [0.29, 0.717) is 5.56 Å². The van der Waals surface area contributed by atoms with Crippen molar-refractivity contribution in [2.75, 3.05) is 7.11 Å². The quantitative estimate of drug-likeness (QED) is 0.740. The van der Waals surface area contributed by atoms with Crippen molar-refractivity contribution in [1.29, 1.82) is 0 Å². The molecule has 0 heterocycles. The summed E-state index contributed by atoms with van der Waals surface area (Å²) in [5.41, 5.74) is 2.83. The summed E-state index contributed by atoms with van der Waals surface area (Å²) in [6, 6.07) is 2.51. The first-order valence-corrected chi connectivity index (χ1v) is 3.95. The normalized spacial score (nSPS) is 10.4. The number of benzene rings is 1. The van der Waals surface area contributed by atoms with Gasteiger partial charge in [0.15, 0.2) is 11.6 Å². The minimum Gasteiger partial charge on any atom is -0.505 e. The Kier molecular flexibility index (Phi) is 3.48. The molecule has 0 fully saturated rings. The lowest BCUT2D eigenvalue weighted by molar-refractivity contribution is 0.0860. The van der Waals surface area contributed by atoms with Gasteiger partial charge in [0.1, 0.15) is 0 Å². The lowest BCUT2D eigenvalue weighted by atomic mass is 10.2. The van der Waals surface area contributed by atoms with Gasteiger partial charge in [-0.05, 0) is 12.1 Å². The lowest BCUT2D eigenvalue weighted by Crippen LogP contribution is -2.11. The zero-order chi connectivity index (χ0) is 9.84. The maximum Gasteiger partial charge on any atom is 0.166 e. The van der Waals surface area contributed by atoms with Gasteiger partial charge < -0.3 is 9.94 Å². The van der Waals surface area contributed by atoms with Crippen LogP contribution in [0.1, 0.15) is 5.56 Å². The van der Waals surface area contributed by atoms with Crippen LogP contribution in [-0.4, -0.2) is 12.2 Å². The van der Waals surface area contributed by atoms with Gasteiger partial charge in [-0.15, -0.1) is 0 Å². The van der Waals surface area contributed by atoms with E-state index < -0.39 is 11.6 Å². The molecule has 0 unspecified atom stereocenters. The van der Waals surface area contributed by atoms with Crippen LogP contribution in [0.15, 0.2) is 12.1 Å². The van der Waals surface area contributed by atoms with Crippen molar-refractivity contribution in [2.45, 2.75) is 6.54 Å². The number of hydroxylamine groups is 1. The smallest absolute Gasteiger partial charge is 0.166 e. The van der Waals surface area contributed by atoms with Crippen LogP contribution < -0.4 is 5.48 Å². The molecule has 0 radical (unpaired) electrons. The highest BCUT2D eigenvalue weighted by molar-refractivity contribution is 6.30. The molecular weight excluding hydrogens is 197 g/mol. The fourth-order valence-corrected chi connectivity index (χ4v) is 1.13. The molecule has 0 atom stereocenters. The Labute approximate surface area is 80.0 Å². The fourth-order valence-electron chi connectivity index (χ4n) is 0.904. The summed E-state index contributed by atoms with van der Waals surface area (Å²) in [6.45, 7) is 0.194. The highest BCUT2D eigenvalue weighted by Crippen LogP contribution is 2.25. The molecule has 0 saturated carbocycles. The highest BCUT2D eigenvalue weighted by atomic mass is 35.5. The predicted molar refractivity (Wildman–Crippen MR) is 46.9 cm³/mol. The molecule has 0 saturated heterocycles. The van der Waals surface area contributed by atoms with Gasteiger partial charge in [0.2, 0.25) is 0 Å². The van der Waals surface area contributed by atoms with Crippen LogP contribution in [0, 0.1) is 5.82 Å². The molecular formula is C8H9ClFNO2. The Hall–Kier alpha value is -0.840. The van der Waals surface area contributed by atoms with E-state index in [0.717, 1.165) is 6.07 Å². The SMILES string of the molecule is CONCc1cc(Cl)cc(F)c1O. The zero-order valence-electron chi connectivity index (χ0n) is 6.97. The van der Waals surface area contributed by atoms with Crippen molar-refractivity contribution in [3.63, 3.8) is 0 Å². The predicted octanol–water partition coefficient (Wildman–Crippen LogP) is 1.84. The minimum absolute atomic E-state index is 0.194. The van der Waals surface area contributed by atoms with Gasteiger partial charge in [-0.25, -0.2) is 4.39 Å². The maximum absolute atomic E-state index is 12.9. The van der Waals surface area contributed by atoms with Gasteiger partial charge in [-0.1, -0.05) is 11.6 Å². The van der Waals surface area contributed by atoms with Gasteiger partial charge in [0.25, 0.3) is 0 Å². The standard InChI is InChI=1S/C8H9ClFNO2/c1-13-11-4-5-2-6(9)3-7(10)8(5)12/h2-3,11-12H,4H2,1H3. The van der Waals surface area contributed by atoms with Crippen LogP contribution in [-0.2, 0) is 11.4 Å². The molecule has 1 aromatic rings. The van der Waals surface area contributed by atoms with E-state index in [1.54, 1.807) is 0 Å². The average Bonchev–Trinajstić information content (AvgIpc) is 2.09. The molecule has 1 aromatic carbocycles. The van der Waals surface area contributed by atoms with E-state index in [1.807, 2.05) is 0 Å². The Morgan fingerprint density at radius 3 is 2.92 bits per heavy atom. The molecule has 5 heteroatoms. The Morgan fingerprint density at radius 1 is 1.62 bits per heavy atom. The molecule has 72 valence electrons. The molecule has 0 amide bonds. The average molecular weight is 206 g/mol. The zero-order valence-corrected chi connectivity index (χ0v) is 7.73. The van der Waals surface area contributed by atoms with Crippen molar-refractivity contribution >= 4 is 11.6 Å². The van der Waals surface area contributed by atoms with Gasteiger partial charge in [-0.2, -0.15) is 5.48 Å². The second-order valence-electron chi connectivity index (χ2n) is 2.42. The number of phenolic OH excluding ortho intramolecular Hbond substituents is 1. The van der Waals surface area contributed by atoms with Crippen molar-refractivity contribution in [1.82, 2.24) is 5.48 Å². The van der Waals surface area contributed by atoms with Crippen molar-refractivity contribution < 1.29 is 14.3 Å². The summed E-state index contributed by atoms with van der Waals surface area (Å²) in [4.78, 5) is 4.55. The Morgan fingerprint density at radius 2 is 2.31 bits per heavy atom. The third-order valence-corrected chi connectivity index (χ3v) is 1.73. The molecule has 13 heavy (non-hydrogen) atoms. The lowest BCUT2D eigenvalue weighted by Gasteiger charge is -2.06. The largest absolute Gasteiger partial charge is 0.505 e. The molecule has 0 aromatic heterocycles. The number of hydrogen-bond donors (Lipinski definition) is 2. The molecule has 0 aliphatic heterocycles. The molecule has 3 nitrogen and oxygen atoms in total. The van der Waals surface area contributed by atoms with Gasteiger partial charge in [0.05, 0.1) is 7.11 Å². The van der Waals surface area contributed by atoms with Crippen LogP contribution in [0.2, 0.25) is 5.02 Å². The minimum atomic E-state index is -0.736. The van der Waals surface area contributed by atoms with Crippen LogP contribution in [0.3, 0.4) is 0 Å². The fraction of sp³-hybridized carbons (Fsp3) is 0.250. The van der Waals surface area contributed by atoms with E-state index in [9.17, 15) is 9.50 Å². The van der Waals surface area contributed by atoms with E-state index in [-0.39, 0.29) is 11.6 Å². The van der Waals surface area contributed by atoms with Gasteiger partial charge >= 0.3 is 0 Å². The second-order valence-corrected chi connectivity index (χ2v) is 2.86. The van der Waals surface area contributed by atoms with Crippen molar-refractivity contribution in [2.24, 2.45) is 0 Å². The van der Waals surface area contributed by atoms with Crippen LogP contribution in [0.25, 0.3) is 0 Å². The molecule has 0 aliphatic rings. The second kappa shape index (κ2) is 4.41. The van der Waals surface area contributed by atoms with Crippen LogP contribution >= 0.6 is 11.6 Å². The summed E-state index contributed by atoms with van der Waals surface area (Å²) in [5.74, 6) is -1.14. The van der Waals surface area contributed by atoms with E-state index in [1.165, 1.54) is 13.2 Å². The summed E-state index contributed by atoms with van der Waals surface area (Å²) >= 11 is 5.58. The van der Waals surface area contributed by atoms with Crippen LogP contribution in [0.5, 0.6) is 5.75 Å². The number of rotatable bonds is 3. The number of hydrogen-bond acceptors (Lipinski definition) is 3. The van der Waals surface area contributed by atoms with E-state index in [2.05, 4.69) is 10.3 Å². The number of halogens is 2. The Bertz CT molecular complexity index is 306. The molecule has 1 rings (SSSR count). The topological polar surface area (TPSA) is 41.5 Å². The summed E-state index contributed by atoms with van der Waals surface area (Å²) < 4.78 is 12.9. The van der Waals surface area contributed by atoms with Crippen molar-refractivity contribution in [3.8, 4) is 5.75 Å². The molecule has 2 N–H and O–H groups in total. The van der Waals surface area contributed by atoms with Crippen LogP contribution in [0.4, 0.5) is 4.39 Å². The third-order valence-electron chi connectivity index (χ3n) is 1.51. The molecule has 0 spiro atoms. The first-order valence-electron chi connectivity index (χ1n) is 3.58. The first-order chi connectivity index (χ1) is 6.15. The molecule has 0 aliphatic carbocycles. The number of phenols is 1. The summed E-state index contributed by atoms with van der Waals surface area (Å²) in [5, 5.41) is 9.46.